The molecule has 2 aromatic rings. The number of H-pyrrole nitrogens is 1. The second-order valence-electron chi connectivity index (χ2n) is 5.59. The van der Waals surface area contributed by atoms with Gasteiger partial charge < -0.3 is 30.5 Å². The van der Waals surface area contributed by atoms with E-state index in [0.29, 0.717) is 0 Å². The summed E-state index contributed by atoms with van der Waals surface area (Å²) in [6, 6.07) is 0. The largest absolute Gasteiger partial charge is 0.469 e. The molecule has 0 saturated carbocycles. The van der Waals surface area contributed by atoms with Crippen molar-refractivity contribution in [2.45, 2.75) is 24.5 Å². The summed E-state index contributed by atoms with van der Waals surface area (Å²) in [4.78, 5) is 35.8. The number of ether oxygens (including phenoxy) is 1. The average Bonchev–Trinajstić information content (AvgIpc) is 2.95. The molecule has 3 rings (SSSR count). The van der Waals surface area contributed by atoms with Gasteiger partial charge in [-0.15, -0.1) is 0 Å². The van der Waals surface area contributed by atoms with Crippen molar-refractivity contribution in [1.29, 1.82) is 0 Å². The van der Waals surface area contributed by atoms with Gasteiger partial charge in [0.2, 0.25) is 11.7 Å². The fraction of sp³-hybridized carbons (Fsp3) is 0.545. The smallest absolute Gasteiger partial charge is 0.387 e. The Morgan fingerprint density at radius 3 is 2.80 bits per heavy atom. The van der Waals surface area contributed by atoms with Crippen molar-refractivity contribution < 1.29 is 38.4 Å². The first-order chi connectivity index (χ1) is 11.6. The van der Waals surface area contributed by atoms with Crippen LogP contribution in [0.15, 0.2) is 11.1 Å². The molecule has 2 aromatic heterocycles. The van der Waals surface area contributed by atoms with Crippen LogP contribution in [0.4, 0.5) is 5.95 Å². The normalized spacial score (nSPS) is 27.2. The zero-order valence-corrected chi connectivity index (χ0v) is 13.8. The van der Waals surface area contributed by atoms with Crippen LogP contribution in [0.25, 0.3) is 11.2 Å². The molecule has 0 bridgehead atoms. The van der Waals surface area contributed by atoms with E-state index in [1.807, 2.05) is 0 Å². The van der Waals surface area contributed by atoms with Crippen LogP contribution >= 0.6 is 7.82 Å². The summed E-state index contributed by atoms with van der Waals surface area (Å²) in [5.41, 5.74) is 5.31. The second kappa shape index (κ2) is 6.14. The van der Waals surface area contributed by atoms with E-state index in [4.69, 9.17) is 20.3 Å². The molecule has 0 spiro atoms. The lowest BCUT2D eigenvalue weighted by atomic mass is 10.1. The lowest BCUT2D eigenvalue weighted by Crippen LogP contribution is -2.46. The number of anilines is 1. The quantitative estimate of drug-likeness (QED) is 0.233. The molecular formula is C11H17N5O8P+. The molecule has 1 saturated heterocycles. The van der Waals surface area contributed by atoms with E-state index in [1.165, 1.54) is 15.5 Å². The first-order valence-electron chi connectivity index (χ1n) is 7.06. The highest BCUT2D eigenvalue weighted by Crippen LogP contribution is 2.37. The van der Waals surface area contributed by atoms with E-state index < -0.39 is 44.5 Å². The maximum absolute atomic E-state index is 12.0. The van der Waals surface area contributed by atoms with E-state index in [9.17, 15) is 19.6 Å². The summed E-state index contributed by atoms with van der Waals surface area (Å²) in [5, 5.41) is 20.3. The van der Waals surface area contributed by atoms with Gasteiger partial charge >= 0.3 is 13.5 Å². The highest BCUT2D eigenvalue weighted by atomic mass is 31.2. The number of hydrogen-bond acceptors (Lipinski definition) is 8. The number of rotatable bonds is 4. The maximum Gasteiger partial charge on any atom is 0.469 e. The van der Waals surface area contributed by atoms with Crippen LogP contribution in [0.5, 0.6) is 0 Å². The summed E-state index contributed by atoms with van der Waals surface area (Å²) < 4.78 is 23.3. The number of aromatic nitrogens is 4. The third-order valence-corrected chi connectivity index (χ3v) is 4.29. The summed E-state index contributed by atoms with van der Waals surface area (Å²) in [6.07, 6.45) is -3.88. The number of aliphatic hydroxyl groups excluding tert-OH is 2. The number of fused-ring (bicyclic) bond motifs is 1. The lowest BCUT2D eigenvalue weighted by Gasteiger charge is -2.14. The molecular weight excluding hydrogens is 361 g/mol. The SMILES string of the molecule is Cn1c[n+]([C@@H]2O[C@@H](COP(=O)(O)O)[C@H](O)[C@H]2O)c2nc(N)[nH]c(=O)c21. The highest BCUT2D eigenvalue weighted by Gasteiger charge is 2.47. The number of aromatic amines is 1. The number of nitrogens with one attached hydrogen (secondary N) is 1. The Labute approximate surface area is 139 Å². The number of nitrogen functional groups attached to an aromatic ring is 1. The number of phosphoric ester groups is 1. The molecule has 138 valence electrons. The number of nitrogens with two attached hydrogens (primary N) is 1. The molecule has 0 unspecified atom stereocenters. The molecule has 13 nitrogen and oxygen atoms in total. The van der Waals surface area contributed by atoms with Crippen LogP contribution in [0.1, 0.15) is 6.23 Å². The van der Waals surface area contributed by atoms with E-state index in [0.717, 1.165) is 0 Å². The number of aliphatic hydroxyl groups is 2. The number of imidazole rings is 1. The van der Waals surface area contributed by atoms with Gasteiger partial charge in [0.25, 0.3) is 11.5 Å². The van der Waals surface area contributed by atoms with Crippen molar-refractivity contribution in [2.24, 2.45) is 7.05 Å². The lowest BCUT2D eigenvalue weighted by molar-refractivity contribution is -0.745. The van der Waals surface area contributed by atoms with Gasteiger partial charge in [0, 0.05) is 0 Å². The molecule has 0 aromatic carbocycles. The van der Waals surface area contributed by atoms with Crippen LogP contribution in [0.3, 0.4) is 0 Å². The Morgan fingerprint density at radius 2 is 2.16 bits per heavy atom. The monoisotopic (exact) mass is 378 g/mol. The first kappa shape index (κ1) is 17.9. The van der Waals surface area contributed by atoms with Gasteiger partial charge in [0.05, 0.1) is 13.7 Å². The van der Waals surface area contributed by atoms with Crippen LogP contribution in [-0.4, -0.2) is 59.5 Å². The van der Waals surface area contributed by atoms with Gasteiger partial charge in [-0.1, -0.05) is 4.98 Å². The van der Waals surface area contributed by atoms with Gasteiger partial charge in [-0.2, -0.15) is 0 Å². The number of hydrogen-bond donors (Lipinski definition) is 6. The predicted octanol–water partition coefficient (Wildman–Crippen LogP) is -3.14. The third kappa shape index (κ3) is 3.30. The van der Waals surface area contributed by atoms with Gasteiger partial charge in [-0.25, -0.2) is 9.13 Å². The van der Waals surface area contributed by atoms with Crippen molar-refractivity contribution in [3.8, 4) is 0 Å². The zero-order valence-electron chi connectivity index (χ0n) is 12.9. The molecule has 0 aliphatic carbocycles. The third-order valence-electron chi connectivity index (χ3n) is 3.81. The minimum Gasteiger partial charge on any atom is -0.387 e. The molecule has 4 atom stereocenters. The summed E-state index contributed by atoms with van der Waals surface area (Å²) in [6.45, 7) is -0.638. The minimum absolute atomic E-state index is 0.108. The minimum atomic E-state index is -4.76. The Morgan fingerprint density at radius 1 is 1.48 bits per heavy atom. The molecule has 1 aliphatic heterocycles. The molecule has 3 heterocycles. The molecule has 1 aliphatic rings. The van der Waals surface area contributed by atoms with Crippen molar-refractivity contribution in [3.63, 3.8) is 0 Å². The molecule has 0 radical (unpaired) electrons. The molecule has 7 N–H and O–H groups in total. The molecule has 25 heavy (non-hydrogen) atoms. The van der Waals surface area contributed by atoms with Gasteiger partial charge in [0.1, 0.15) is 18.3 Å². The van der Waals surface area contributed by atoms with Crippen molar-refractivity contribution >= 4 is 24.9 Å². The second-order valence-corrected chi connectivity index (χ2v) is 6.83. The van der Waals surface area contributed by atoms with Crippen LogP contribution in [-0.2, 0) is 20.9 Å². The van der Waals surface area contributed by atoms with Crippen LogP contribution in [0.2, 0.25) is 0 Å². The van der Waals surface area contributed by atoms with E-state index in [2.05, 4.69) is 14.5 Å². The zero-order chi connectivity index (χ0) is 18.5. The van der Waals surface area contributed by atoms with Gasteiger partial charge in [-0.3, -0.25) is 18.9 Å². The summed E-state index contributed by atoms with van der Waals surface area (Å²) >= 11 is 0. The van der Waals surface area contributed by atoms with Crippen molar-refractivity contribution in [3.05, 3.63) is 16.7 Å². The Balaban J connectivity index is 1.96. The Hall–Kier alpha value is -1.86. The molecule has 1 fully saturated rings. The van der Waals surface area contributed by atoms with E-state index in [-0.39, 0.29) is 17.1 Å². The topological polar surface area (TPSA) is 197 Å². The van der Waals surface area contributed by atoms with Gasteiger partial charge in [0.15, 0.2) is 6.33 Å². The fourth-order valence-corrected chi connectivity index (χ4v) is 3.06. The molecule has 14 heteroatoms. The summed E-state index contributed by atoms with van der Waals surface area (Å²) in [5.74, 6) is -0.146. The Bertz CT molecular complexity index is 906. The van der Waals surface area contributed by atoms with E-state index >= 15 is 0 Å². The van der Waals surface area contributed by atoms with Crippen LogP contribution in [0, 0.1) is 0 Å². The number of nitrogens with zero attached hydrogens (tertiary/aromatic N) is 3. The van der Waals surface area contributed by atoms with Gasteiger partial charge in [-0.05, 0) is 0 Å². The van der Waals surface area contributed by atoms with Crippen LogP contribution < -0.4 is 15.9 Å². The number of phosphoric acid groups is 1. The first-order valence-corrected chi connectivity index (χ1v) is 8.59. The standard InChI is InChI=1S/C11H16N5O8P/c1-15-3-16(8-5(15)9(19)14-11(12)13-8)10-7(18)6(17)4(24-10)2-23-25(20,21)22/h3-4,6-7,10,17-18H,2H2,1H3,(H4-,12,13,14,19,20,21,22)/p+1/t4-,6-,7+,10+/m0/s1. The number of aryl methyl sites for hydroxylation is 1. The highest BCUT2D eigenvalue weighted by molar-refractivity contribution is 7.46. The fourth-order valence-electron chi connectivity index (χ4n) is 2.72. The van der Waals surface area contributed by atoms with E-state index in [1.54, 1.807) is 7.05 Å². The summed E-state index contributed by atoms with van der Waals surface area (Å²) in [7, 11) is -3.19. The average molecular weight is 378 g/mol. The van der Waals surface area contributed by atoms with Crippen molar-refractivity contribution in [2.75, 3.05) is 12.3 Å². The predicted molar refractivity (Wildman–Crippen MR) is 79.9 cm³/mol. The maximum atomic E-state index is 12.0. The van der Waals surface area contributed by atoms with Crippen molar-refractivity contribution in [1.82, 2.24) is 14.5 Å². The Kier molecular flexibility index (Phi) is 4.41. The molecule has 0 amide bonds.